The van der Waals surface area contributed by atoms with Gasteiger partial charge in [-0.25, -0.2) is 14.7 Å². The Kier molecular flexibility index (Phi) is 3.01. The van der Waals surface area contributed by atoms with Crippen molar-refractivity contribution in [1.29, 1.82) is 0 Å². The fraction of sp³-hybridized carbons (Fsp3) is 1.00. The quantitative estimate of drug-likeness (QED) is 0.672. The van der Waals surface area contributed by atoms with Gasteiger partial charge in [0.25, 0.3) is 0 Å². The number of hydrogen-bond donors (Lipinski definition) is 1. The zero-order valence-corrected chi connectivity index (χ0v) is 7.22. The highest BCUT2D eigenvalue weighted by Crippen LogP contribution is 2.44. The van der Waals surface area contributed by atoms with E-state index in [1.54, 1.807) is 0 Å². The van der Waals surface area contributed by atoms with Crippen LogP contribution in [0.4, 0.5) is 8.78 Å². The van der Waals surface area contributed by atoms with Crippen molar-refractivity contribution in [2.24, 2.45) is 17.7 Å². The summed E-state index contributed by atoms with van der Waals surface area (Å²) < 4.78 is 25.7. The molecule has 2 atom stereocenters. The standard InChI is InChI=1S/C8H15F2NO/c1-2-6-3-8(9,10)4-7(6)5-12-11/h6-7H,2-5,11H2,1H3. The van der Waals surface area contributed by atoms with Crippen molar-refractivity contribution in [3.63, 3.8) is 0 Å². The minimum atomic E-state index is -2.50. The van der Waals surface area contributed by atoms with Crippen LogP contribution in [0.3, 0.4) is 0 Å². The Balaban J connectivity index is 2.50. The van der Waals surface area contributed by atoms with E-state index in [-0.39, 0.29) is 31.3 Å². The van der Waals surface area contributed by atoms with Gasteiger partial charge in [-0.3, -0.25) is 0 Å². The fourth-order valence-electron chi connectivity index (χ4n) is 1.98. The van der Waals surface area contributed by atoms with Crippen molar-refractivity contribution >= 4 is 0 Å². The van der Waals surface area contributed by atoms with Crippen molar-refractivity contribution in [3.8, 4) is 0 Å². The molecule has 0 radical (unpaired) electrons. The predicted molar refractivity (Wildman–Crippen MR) is 41.6 cm³/mol. The molecule has 1 fully saturated rings. The van der Waals surface area contributed by atoms with Crippen LogP contribution in [-0.2, 0) is 4.84 Å². The van der Waals surface area contributed by atoms with E-state index in [4.69, 9.17) is 5.90 Å². The molecule has 1 rings (SSSR count). The number of nitrogens with two attached hydrogens (primary N) is 1. The topological polar surface area (TPSA) is 35.2 Å². The van der Waals surface area contributed by atoms with E-state index in [0.29, 0.717) is 0 Å². The Morgan fingerprint density at radius 1 is 1.42 bits per heavy atom. The van der Waals surface area contributed by atoms with Crippen LogP contribution in [-0.4, -0.2) is 12.5 Å². The first-order valence-electron chi connectivity index (χ1n) is 4.28. The molecule has 0 amide bonds. The minimum Gasteiger partial charge on any atom is -0.304 e. The van der Waals surface area contributed by atoms with Crippen molar-refractivity contribution in [3.05, 3.63) is 0 Å². The number of hydrogen-bond acceptors (Lipinski definition) is 2. The summed E-state index contributed by atoms with van der Waals surface area (Å²) in [5, 5.41) is 0. The van der Waals surface area contributed by atoms with E-state index in [2.05, 4.69) is 4.84 Å². The fourth-order valence-corrected chi connectivity index (χ4v) is 1.98. The smallest absolute Gasteiger partial charge is 0.248 e. The maximum Gasteiger partial charge on any atom is 0.248 e. The predicted octanol–water partition coefficient (Wildman–Crippen LogP) is 1.95. The molecule has 72 valence electrons. The molecule has 2 unspecified atom stereocenters. The van der Waals surface area contributed by atoms with Gasteiger partial charge in [0.1, 0.15) is 0 Å². The van der Waals surface area contributed by atoms with E-state index >= 15 is 0 Å². The molecule has 0 bridgehead atoms. The van der Waals surface area contributed by atoms with Crippen molar-refractivity contribution in [2.45, 2.75) is 32.1 Å². The highest BCUT2D eigenvalue weighted by atomic mass is 19.3. The van der Waals surface area contributed by atoms with E-state index in [0.717, 1.165) is 6.42 Å². The summed E-state index contributed by atoms with van der Waals surface area (Å²) in [6.45, 7) is 2.18. The lowest BCUT2D eigenvalue weighted by Gasteiger charge is -2.14. The Morgan fingerprint density at radius 2 is 2.00 bits per heavy atom. The Morgan fingerprint density at radius 3 is 2.50 bits per heavy atom. The summed E-state index contributed by atoms with van der Waals surface area (Å²) in [5.41, 5.74) is 0. The van der Waals surface area contributed by atoms with Gasteiger partial charge in [-0.05, 0) is 11.8 Å². The molecule has 0 heterocycles. The van der Waals surface area contributed by atoms with Crippen molar-refractivity contribution in [1.82, 2.24) is 0 Å². The zero-order valence-electron chi connectivity index (χ0n) is 7.22. The third-order valence-corrected chi connectivity index (χ3v) is 2.62. The van der Waals surface area contributed by atoms with E-state index < -0.39 is 5.92 Å². The molecular weight excluding hydrogens is 164 g/mol. The molecule has 0 aromatic rings. The van der Waals surface area contributed by atoms with Gasteiger partial charge >= 0.3 is 0 Å². The van der Waals surface area contributed by atoms with Gasteiger partial charge in [-0.1, -0.05) is 13.3 Å². The molecule has 0 aromatic carbocycles. The maximum atomic E-state index is 12.9. The number of rotatable bonds is 3. The van der Waals surface area contributed by atoms with Crippen molar-refractivity contribution in [2.75, 3.05) is 6.61 Å². The number of alkyl halides is 2. The Labute approximate surface area is 71.0 Å². The molecule has 1 saturated carbocycles. The van der Waals surface area contributed by atoms with Crippen LogP contribution in [0.1, 0.15) is 26.2 Å². The highest BCUT2D eigenvalue weighted by molar-refractivity contribution is 4.87. The minimum absolute atomic E-state index is 0.00245. The molecule has 0 aliphatic heterocycles. The summed E-state index contributed by atoms with van der Waals surface area (Å²) in [4.78, 5) is 4.42. The highest BCUT2D eigenvalue weighted by Gasteiger charge is 2.45. The normalized spacial score (nSPS) is 34.0. The first-order chi connectivity index (χ1) is 5.59. The molecule has 0 spiro atoms. The molecule has 0 saturated heterocycles. The van der Waals surface area contributed by atoms with Crippen LogP contribution in [0.5, 0.6) is 0 Å². The lowest BCUT2D eigenvalue weighted by atomic mass is 9.95. The average Bonchev–Trinajstić information content (AvgIpc) is 2.26. The number of halogens is 2. The summed E-state index contributed by atoms with van der Waals surface area (Å²) >= 11 is 0. The van der Waals surface area contributed by atoms with Crippen molar-refractivity contribution < 1.29 is 13.6 Å². The van der Waals surface area contributed by atoms with E-state index in [1.807, 2.05) is 6.92 Å². The first kappa shape index (κ1) is 9.86. The lowest BCUT2D eigenvalue weighted by Crippen LogP contribution is -2.17. The van der Waals surface area contributed by atoms with E-state index in [9.17, 15) is 8.78 Å². The molecular formula is C8H15F2NO. The lowest BCUT2D eigenvalue weighted by molar-refractivity contribution is -0.00224. The SMILES string of the molecule is CCC1CC(F)(F)CC1CON. The second-order valence-corrected chi connectivity index (χ2v) is 3.53. The largest absolute Gasteiger partial charge is 0.304 e. The molecule has 2 nitrogen and oxygen atoms in total. The monoisotopic (exact) mass is 179 g/mol. The molecule has 12 heavy (non-hydrogen) atoms. The van der Waals surface area contributed by atoms with Crippen LogP contribution < -0.4 is 5.90 Å². The zero-order chi connectivity index (χ0) is 9.19. The molecule has 2 N–H and O–H groups in total. The van der Waals surface area contributed by atoms with E-state index in [1.165, 1.54) is 0 Å². The van der Waals surface area contributed by atoms with Crippen LogP contribution in [0, 0.1) is 11.8 Å². The molecule has 1 aliphatic carbocycles. The summed E-state index contributed by atoms with van der Waals surface area (Å²) in [5.74, 6) is 2.39. The van der Waals surface area contributed by atoms with Crippen LogP contribution in [0.15, 0.2) is 0 Å². The summed E-state index contributed by atoms with van der Waals surface area (Å²) in [6, 6.07) is 0. The second kappa shape index (κ2) is 3.66. The third kappa shape index (κ3) is 2.14. The Bertz CT molecular complexity index is 152. The summed E-state index contributed by atoms with van der Waals surface area (Å²) in [7, 11) is 0. The second-order valence-electron chi connectivity index (χ2n) is 3.53. The molecule has 1 aliphatic rings. The van der Waals surface area contributed by atoms with Gasteiger partial charge in [0.05, 0.1) is 6.61 Å². The van der Waals surface area contributed by atoms with Gasteiger partial charge in [-0.2, -0.15) is 0 Å². The van der Waals surface area contributed by atoms with Gasteiger partial charge in [0.15, 0.2) is 0 Å². The Hall–Kier alpha value is -0.220. The van der Waals surface area contributed by atoms with Gasteiger partial charge in [-0.15, -0.1) is 0 Å². The van der Waals surface area contributed by atoms with Gasteiger partial charge < -0.3 is 4.84 Å². The van der Waals surface area contributed by atoms with Gasteiger partial charge in [0, 0.05) is 12.8 Å². The maximum absolute atomic E-state index is 12.9. The van der Waals surface area contributed by atoms with Crippen LogP contribution in [0.2, 0.25) is 0 Å². The van der Waals surface area contributed by atoms with Crippen LogP contribution >= 0.6 is 0 Å². The van der Waals surface area contributed by atoms with Crippen LogP contribution in [0.25, 0.3) is 0 Å². The molecule has 4 heteroatoms. The average molecular weight is 179 g/mol. The summed E-state index contributed by atoms with van der Waals surface area (Å²) in [6.07, 6.45) is 0.712. The third-order valence-electron chi connectivity index (χ3n) is 2.62. The van der Waals surface area contributed by atoms with Gasteiger partial charge in [0.2, 0.25) is 5.92 Å². The first-order valence-corrected chi connectivity index (χ1v) is 4.28. The molecule has 0 aromatic heterocycles.